The van der Waals surface area contributed by atoms with Crippen LogP contribution in [-0.2, 0) is 0 Å². The van der Waals surface area contributed by atoms with E-state index < -0.39 is 12.1 Å². The number of ether oxygens (including phenoxy) is 2. The van der Waals surface area contributed by atoms with Gasteiger partial charge in [-0.05, 0) is 134 Å². The zero-order valence-corrected chi connectivity index (χ0v) is 44.2. The minimum atomic E-state index is -4.80. The molecule has 0 aliphatic rings. The first-order valence-corrected chi connectivity index (χ1v) is 25.6. The van der Waals surface area contributed by atoms with Crippen molar-refractivity contribution in [2.75, 3.05) is 6.26 Å². The number of aromatic nitrogens is 15. The molecule has 0 aliphatic heterocycles. The summed E-state index contributed by atoms with van der Waals surface area (Å²) in [7, 11) is 0. The molecule has 12 heterocycles. The second kappa shape index (κ2) is 22.5. The maximum Gasteiger partial charge on any atom is 0.573 e. The van der Waals surface area contributed by atoms with Crippen molar-refractivity contribution in [1.82, 2.24) is 73.5 Å². The van der Waals surface area contributed by atoms with Gasteiger partial charge in [0.2, 0.25) is 4.38 Å². The number of thiocarbonyl (C=S) groups is 1. The van der Waals surface area contributed by atoms with E-state index in [0.717, 1.165) is 67.5 Å². The number of aryl methyl sites for hydroxylation is 3. The Morgan fingerprint density at radius 3 is 1.25 bits per heavy atom. The normalized spacial score (nSPS) is 11.2. The fraction of sp³-hybridized carbons (Fsp3) is 0.0926. The van der Waals surface area contributed by atoms with Crippen LogP contribution < -0.4 is 9.47 Å². The summed E-state index contributed by atoms with van der Waals surface area (Å²) < 4.78 is 54.0. The molecule has 12 aromatic heterocycles. The van der Waals surface area contributed by atoms with Crippen molar-refractivity contribution >= 4 is 77.8 Å². The van der Waals surface area contributed by atoms with Crippen LogP contribution >= 0.6 is 39.9 Å². The summed E-state index contributed by atoms with van der Waals surface area (Å²) in [4.78, 5) is 53.4. The predicted octanol–water partition coefficient (Wildman–Crippen LogP) is 12.2. The van der Waals surface area contributed by atoms with Crippen LogP contribution in [0.3, 0.4) is 0 Å². The number of fused-ring (bicyclic) bond motifs is 3. The number of hydrogen-bond acceptors (Lipinski definition) is 16. The van der Waals surface area contributed by atoms with E-state index in [1.54, 1.807) is 66.1 Å². The van der Waals surface area contributed by atoms with Crippen molar-refractivity contribution in [3.63, 3.8) is 0 Å². The standard InChI is InChI=1S/C19H15N5OS2.C18H12F3N5O.C17H12BrN5/c1-12-6-7-13(10-21-12)24-17-16(9-14(11-22-17)25-19(26)27-2)23-18(24)15-5-3-4-8-20-15;1-11-5-6-12(9-23-11)26-16-15(8-13(10-24-16)27-18(19,20)21)25-17(26)14-4-2-3-7-22-14;1-11-5-6-13(10-20-11)23-16-15(8-12(18)9-21-16)22-17(23)14-4-2-3-7-19-14/h3-11H,1-2H3;2-10H,1H3;2-10H,1H3. The second-order valence-corrected chi connectivity index (χ2v) is 18.9. The summed E-state index contributed by atoms with van der Waals surface area (Å²) in [6, 6.07) is 33.4. The first-order valence-electron chi connectivity index (χ1n) is 23.1. The van der Waals surface area contributed by atoms with Crippen molar-refractivity contribution in [1.29, 1.82) is 0 Å². The molecule has 0 spiro atoms. The van der Waals surface area contributed by atoms with Crippen molar-refractivity contribution in [3.8, 4) is 63.1 Å². The molecule has 0 bridgehead atoms. The minimum Gasteiger partial charge on any atom is -0.438 e. The van der Waals surface area contributed by atoms with Gasteiger partial charge < -0.3 is 9.47 Å². The van der Waals surface area contributed by atoms with Gasteiger partial charge in [-0.25, -0.2) is 29.9 Å². The molecule has 0 aliphatic carbocycles. The lowest BCUT2D eigenvalue weighted by atomic mass is 10.3. The summed E-state index contributed by atoms with van der Waals surface area (Å²) in [6.07, 6.45) is 11.9. The summed E-state index contributed by atoms with van der Waals surface area (Å²) in [6.45, 7) is 5.77. The Kier molecular flexibility index (Phi) is 15.1. The first-order chi connectivity index (χ1) is 37.3. The third-order valence-electron chi connectivity index (χ3n) is 11.2. The maximum atomic E-state index is 12.5. The third kappa shape index (κ3) is 11.8. The van der Waals surface area contributed by atoms with Gasteiger partial charge in [0, 0.05) is 58.5 Å². The first kappa shape index (κ1) is 51.6. The Morgan fingerprint density at radius 2 is 0.883 bits per heavy atom. The molecule has 382 valence electrons. The average molecular weight is 1130 g/mol. The lowest BCUT2D eigenvalue weighted by Crippen LogP contribution is -2.17. The van der Waals surface area contributed by atoms with E-state index in [2.05, 4.69) is 70.5 Å². The Morgan fingerprint density at radius 1 is 0.494 bits per heavy atom. The topological polar surface area (TPSA) is 188 Å². The van der Waals surface area contributed by atoms with Gasteiger partial charge in [-0.1, -0.05) is 30.0 Å². The average Bonchev–Trinajstić information content (AvgIpc) is 4.25. The molecular weight excluding hydrogens is 1090 g/mol. The lowest BCUT2D eigenvalue weighted by Gasteiger charge is -2.09. The van der Waals surface area contributed by atoms with Crippen LogP contribution in [0.5, 0.6) is 11.5 Å². The van der Waals surface area contributed by atoms with E-state index in [9.17, 15) is 13.2 Å². The molecule has 0 fully saturated rings. The molecular formula is C54H39BrF3N15O2S2. The van der Waals surface area contributed by atoms with E-state index in [0.29, 0.717) is 50.0 Å². The Labute approximate surface area is 454 Å². The molecule has 0 saturated heterocycles. The molecule has 0 saturated carbocycles. The summed E-state index contributed by atoms with van der Waals surface area (Å²) >= 11 is 9.94. The van der Waals surface area contributed by atoms with E-state index in [-0.39, 0.29) is 5.52 Å². The van der Waals surface area contributed by atoms with Crippen LogP contribution in [0.15, 0.2) is 169 Å². The van der Waals surface area contributed by atoms with E-state index in [1.807, 2.05) is 127 Å². The zero-order chi connectivity index (χ0) is 53.6. The number of rotatable bonds is 8. The van der Waals surface area contributed by atoms with Gasteiger partial charge in [0.25, 0.3) is 0 Å². The quantitative estimate of drug-likeness (QED) is 0.131. The van der Waals surface area contributed by atoms with Gasteiger partial charge in [-0.15, -0.1) is 13.2 Å². The molecule has 77 heavy (non-hydrogen) atoms. The highest BCUT2D eigenvalue weighted by atomic mass is 79.9. The molecule has 0 N–H and O–H groups in total. The van der Waals surface area contributed by atoms with Crippen molar-refractivity contribution in [2.24, 2.45) is 0 Å². The predicted molar refractivity (Wildman–Crippen MR) is 295 cm³/mol. The SMILES string of the molecule is CSC(=S)Oc1cnc2c(c1)nc(-c1ccccn1)n2-c1ccc(C)nc1.Cc1ccc(-n2c(-c3ccccn3)nc3cc(Br)cnc32)cn1.Cc1ccc(-n2c(-c3ccccn3)nc3cc(OC(F)(F)F)cnc32)cn1. The van der Waals surface area contributed by atoms with Crippen LogP contribution in [0.2, 0.25) is 0 Å². The van der Waals surface area contributed by atoms with Crippen LogP contribution in [0, 0.1) is 20.8 Å². The van der Waals surface area contributed by atoms with Crippen molar-refractivity contribution < 1.29 is 22.6 Å². The third-order valence-corrected chi connectivity index (χ3v) is 12.6. The summed E-state index contributed by atoms with van der Waals surface area (Å²) in [5.41, 5.74) is 10.9. The molecule has 23 heteroatoms. The highest BCUT2D eigenvalue weighted by Crippen LogP contribution is 2.32. The van der Waals surface area contributed by atoms with E-state index in [1.165, 1.54) is 17.8 Å². The number of thioether (sulfide) groups is 1. The number of pyridine rings is 9. The number of nitrogens with zero attached hydrogens (tertiary/aromatic N) is 15. The van der Waals surface area contributed by atoms with Crippen molar-refractivity contribution in [2.45, 2.75) is 27.1 Å². The summed E-state index contributed by atoms with van der Waals surface area (Å²) in [5.74, 6) is 1.99. The Balaban J connectivity index is 0.000000131. The second-order valence-electron chi connectivity index (χ2n) is 16.6. The van der Waals surface area contributed by atoms with Gasteiger partial charge in [0.05, 0.1) is 48.0 Å². The van der Waals surface area contributed by atoms with E-state index in [4.69, 9.17) is 26.9 Å². The molecule has 12 rings (SSSR count). The molecule has 0 amide bonds. The number of hydrogen-bond donors (Lipinski definition) is 0. The minimum absolute atomic E-state index is 0.248. The van der Waals surface area contributed by atoms with Crippen LogP contribution in [0.4, 0.5) is 13.2 Å². The fourth-order valence-electron chi connectivity index (χ4n) is 7.73. The molecule has 12 aromatic rings. The molecule has 0 atom stereocenters. The highest BCUT2D eigenvalue weighted by molar-refractivity contribution is 9.10. The lowest BCUT2D eigenvalue weighted by molar-refractivity contribution is -0.274. The Bertz CT molecular complexity index is 4020. The van der Waals surface area contributed by atoms with E-state index >= 15 is 0 Å². The van der Waals surface area contributed by atoms with Crippen LogP contribution in [0.25, 0.3) is 85.1 Å². The number of imidazole rings is 3. The van der Waals surface area contributed by atoms with Gasteiger partial charge in [0.1, 0.15) is 45.1 Å². The number of halogens is 4. The Hall–Kier alpha value is -8.93. The van der Waals surface area contributed by atoms with Crippen LogP contribution in [-0.4, -0.2) is 90.5 Å². The maximum absolute atomic E-state index is 12.5. The van der Waals surface area contributed by atoms with Gasteiger partial charge in [-0.2, -0.15) is 0 Å². The summed E-state index contributed by atoms with van der Waals surface area (Å²) in [5, 5.41) is 0. The zero-order valence-electron chi connectivity index (χ0n) is 40.9. The van der Waals surface area contributed by atoms with Gasteiger partial charge in [-0.3, -0.25) is 43.6 Å². The monoisotopic (exact) mass is 1130 g/mol. The molecule has 0 radical (unpaired) electrons. The van der Waals surface area contributed by atoms with Gasteiger partial charge >= 0.3 is 6.36 Å². The van der Waals surface area contributed by atoms with Crippen LogP contribution in [0.1, 0.15) is 17.1 Å². The molecule has 17 nitrogen and oxygen atoms in total. The van der Waals surface area contributed by atoms with Crippen molar-refractivity contribution in [3.05, 3.63) is 187 Å². The largest absolute Gasteiger partial charge is 0.573 e. The highest BCUT2D eigenvalue weighted by Gasteiger charge is 2.32. The van der Waals surface area contributed by atoms with Gasteiger partial charge in [0.15, 0.2) is 34.4 Å². The number of alkyl halides is 3. The molecule has 0 aromatic carbocycles. The fourth-order valence-corrected chi connectivity index (χ4v) is 8.32. The molecule has 0 unspecified atom stereocenters. The smallest absolute Gasteiger partial charge is 0.438 e.